The van der Waals surface area contributed by atoms with Crippen LogP contribution in [0, 0.1) is 5.92 Å². The van der Waals surface area contributed by atoms with Gasteiger partial charge in [0.25, 0.3) is 0 Å². The Kier molecular flexibility index (Phi) is 5.04. The first-order valence-electron chi connectivity index (χ1n) is 9.82. The molecule has 27 heavy (non-hydrogen) atoms. The Morgan fingerprint density at radius 1 is 1.04 bits per heavy atom. The van der Waals surface area contributed by atoms with Gasteiger partial charge in [-0.15, -0.1) is 0 Å². The molecule has 0 saturated heterocycles. The van der Waals surface area contributed by atoms with Crippen LogP contribution in [-0.2, 0) is 0 Å². The molecule has 3 nitrogen and oxygen atoms in total. The fourth-order valence-electron chi connectivity index (χ4n) is 4.03. The van der Waals surface area contributed by atoms with Gasteiger partial charge in [0.15, 0.2) is 0 Å². The third kappa shape index (κ3) is 3.65. The number of rotatable bonds is 5. The largest absolute Gasteiger partial charge is 0.497 e. The smallest absolute Gasteiger partial charge is 0.119 e. The van der Waals surface area contributed by atoms with E-state index in [0.717, 1.165) is 36.9 Å². The summed E-state index contributed by atoms with van der Waals surface area (Å²) in [5, 5.41) is 1.33. The van der Waals surface area contributed by atoms with Crippen LogP contribution >= 0.6 is 0 Å². The first-order valence-corrected chi connectivity index (χ1v) is 9.82. The average molecular weight is 361 g/mol. The number of fused-ring (bicyclic) bond motifs is 1. The molecular weight excluding hydrogens is 332 g/mol. The summed E-state index contributed by atoms with van der Waals surface area (Å²) in [5.41, 5.74) is 5.25. The van der Waals surface area contributed by atoms with Crippen LogP contribution < -0.4 is 4.74 Å². The van der Waals surface area contributed by atoms with Crippen molar-refractivity contribution in [3.8, 4) is 11.4 Å². The van der Waals surface area contributed by atoms with E-state index in [0.29, 0.717) is 0 Å². The predicted octanol–water partition coefficient (Wildman–Crippen LogP) is 5.38. The standard InChI is InChI=1S/C24H28N2O/c1-18(2)16-25-14-12-19(13-15-25)23-17-26(24-7-5-4-6-22(23)24)20-8-10-21(27-3)11-9-20/h4-12,17-18H,13-16H2,1-3H3. The second-order valence-corrected chi connectivity index (χ2v) is 7.76. The molecular formula is C24H28N2O. The second-order valence-electron chi connectivity index (χ2n) is 7.76. The van der Waals surface area contributed by atoms with Crippen molar-refractivity contribution in [2.45, 2.75) is 20.3 Å². The van der Waals surface area contributed by atoms with E-state index in [-0.39, 0.29) is 0 Å². The molecule has 0 spiro atoms. The highest BCUT2D eigenvalue weighted by Crippen LogP contribution is 2.33. The third-order valence-corrected chi connectivity index (χ3v) is 5.33. The maximum absolute atomic E-state index is 5.31. The molecule has 1 aliphatic heterocycles. The molecule has 4 rings (SSSR count). The lowest BCUT2D eigenvalue weighted by Crippen LogP contribution is -2.31. The molecule has 1 aromatic heterocycles. The lowest BCUT2D eigenvalue weighted by Gasteiger charge is -2.27. The number of methoxy groups -OCH3 is 1. The molecule has 2 heterocycles. The summed E-state index contributed by atoms with van der Waals surface area (Å²) in [7, 11) is 1.70. The molecule has 3 heteroatoms. The van der Waals surface area contributed by atoms with E-state index >= 15 is 0 Å². The van der Waals surface area contributed by atoms with Gasteiger partial charge in [0, 0.05) is 42.5 Å². The van der Waals surface area contributed by atoms with Gasteiger partial charge in [-0.2, -0.15) is 0 Å². The van der Waals surface area contributed by atoms with Gasteiger partial charge in [-0.1, -0.05) is 38.1 Å². The molecule has 140 valence electrons. The van der Waals surface area contributed by atoms with Gasteiger partial charge in [0.1, 0.15) is 5.75 Å². The van der Waals surface area contributed by atoms with Gasteiger partial charge in [-0.05, 0) is 48.2 Å². The number of ether oxygens (including phenoxy) is 1. The van der Waals surface area contributed by atoms with E-state index < -0.39 is 0 Å². The molecule has 2 aromatic carbocycles. The minimum absolute atomic E-state index is 0.719. The molecule has 0 unspecified atom stereocenters. The molecule has 0 saturated carbocycles. The van der Waals surface area contributed by atoms with Crippen LogP contribution in [0.25, 0.3) is 22.2 Å². The molecule has 0 amide bonds. The third-order valence-electron chi connectivity index (χ3n) is 5.33. The van der Waals surface area contributed by atoms with Gasteiger partial charge in [-0.3, -0.25) is 4.90 Å². The summed E-state index contributed by atoms with van der Waals surface area (Å²) in [6, 6.07) is 17.0. The van der Waals surface area contributed by atoms with E-state index in [4.69, 9.17) is 4.74 Å². The number of hydrogen-bond acceptors (Lipinski definition) is 2. The van der Waals surface area contributed by atoms with Crippen molar-refractivity contribution in [2.24, 2.45) is 5.92 Å². The maximum atomic E-state index is 5.31. The Morgan fingerprint density at radius 2 is 1.81 bits per heavy atom. The van der Waals surface area contributed by atoms with Gasteiger partial charge in [0.05, 0.1) is 12.6 Å². The van der Waals surface area contributed by atoms with Crippen LogP contribution in [0.15, 0.2) is 60.8 Å². The summed E-state index contributed by atoms with van der Waals surface area (Å²) in [6.07, 6.45) is 5.84. The number of aromatic nitrogens is 1. The summed E-state index contributed by atoms with van der Waals surface area (Å²) < 4.78 is 7.60. The number of para-hydroxylation sites is 1. The van der Waals surface area contributed by atoms with Crippen LogP contribution in [0.2, 0.25) is 0 Å². The zero-order chi connectivity index (χ0) is 18.8. The highest BCUT2D eigenvalue weighted by molar-refractivity contribution is 5.94. The topological polar surface area (TPSA) is 17.4 Å². The summed E-state index contributed by atoms with van der Waals surface area (Å²) >= 11 is 0. The zero-order valence-electron chi connectivity index (χ0n) is 16.5. The quantitative estimate of drug-likeness (QED) is 0.607. The van der Waals surface area contributed by atoms with E-state index in [2.05, 4.69) is 72.0 Å². The van der Waals surface area contributed by atoms with Gasteiger partial charge in [0.2, 0.25) is 0 Å². The highest BCUT2D eigenvalue weighted by atomic mass is 16.5. The van der Waals surface area contributed by atoms with Crippen molar-refractivity contribution in [1.82, 2.24) is 9.47 Å². The van der Waals surface area contributed by atoms with Crippen LogP contribution in [0.1, 0.15) is 25.8 Å². The zero-order valence-corrected chi connectivity index (χ0v) is 16.5. The molecule has 1 aliphatic rings. The van der Waals surface area contributed by atoms with Crippen LogP contribution in [0.3, 0.4) is 0 Å². The first-order chi connectivity index (χ1) is 13.2. The van der Waals surface area contributed by atoms with Crippen molar-refractivity contribution in [3.05, 3.63) is 66.4 Å². The fraction of sp³-hybridized carbons (Fsp3) is 0.333. The summed E-state index contributed by atoms with van der Waals surface area (Å²) in [4.78, 5) is 2.55. The Bertz CT molecular complexity index is 950. The summed E-state index contributed by atoms with van der Waals surface area (Å²) in [6.45, 7) is 7.96. The van der Waals surface area contributed by atoms with Gasteiger partial charge < -0.3 is 9.30 Å². The fourth-order valence-corrected chi connectivity index (χ4v) is 4.03. The predicted molar refractivity (Wildman–Crippen MR) is 114 cm³/mol. The van der Waals surface area contributed by atoms with E-state index in [1.54, 1.807) is 7.11 Å². The molecule has 0 aliphatic carbocycles. The normalized spacial score (nSPS) is 15.3. The number of benzene rings is 2. The SMILES string of the molecule is COc1ccc(-n2cc(C3=CCN(CC(C)C)CC3)c3ccccc32)cc1. The molecule has 0 fully saturated rings. The molecule has 3 aromatic rings. The van der Waals surface area contributed by atoms with Crippen molar-refractivity contribution in [2.75, 3.05) is 26.7 Å². The van der Waals surface area contributed by atoms with Gasteiger partial charge >= 0.3 is 0 Å². The van der Waals surface area contributed by atoms with E-state index in [9.17, 15) is 0 Å². The Balaban J connectivity index is 1.71. The lowest BCUT2D eigenvalue weighted by atomic mass is 9.98. The molecule has 0 bridgehead atoms. The number of nitrogens with zero attached hydrogens (tertiary/aromatic N) is 2. The van der Waals surface area contributed by atoms with Crippen LogP contribution in [0.4, 0.5) is 0 Å². The van der Waals surface area contributed by atoms with Crippen molar-refractivity contribution in [1.29, 1.82) is 0 Å². The molecule has 0 N–H and O–H groups in total. The minimum Gasteiger partial charge on any atom is -0.497 e. The molecule has 0 atom stereocenters. The minimum atomic E-state index is 0.719. The van der Waals surface area contributed by atoms with Crippen molar-refractivity contribution < 1.29 is 4.74 Å². The average Bonchev–Trinajstić information content (AvgIpc) is 3.08. The highest BCUT2D eigenvalue weighted by Gasteiger charge is 2.18. The van der Waals surface area contributed by atoms with Crippen molar-refractivity contribution in [3.63, 3.8) is 0 Å². The van der Waals surface area contributed by atoms with Crippen molar-refractivity contribution >= 4 is 16.5 Å². The molecule has 0 radical (unpaired) electrons. The van der Waals surface area contributed by atoms with Crippen LogP contribution in [-0.4, -0.2) is 36.2 Å². The second kappa shape index (κ2) is 7.61. The Labute approximate surface area is 161 Å². The Morgan fingerprint density at radius 3 is 2.48 bits per heavy atom. The first kappa shape index (κ1) is 17.9. The van der Waals surface area contributed by atoms with Gasteiger partial charge in [-0.25, -0.2) is 0 Å². The number of hydrogen-bond donors (Lipinski definition) is 0. The lowest BCUT2D eigenvalue weighted by molar-refractivity contribution is 0.268. The van der Waals surface area contributed by atoms with Crippen LogP contribution in [0.5, 0.6) is 5.75 Å². The van der Waals surface area contributed by atoms with E-state index in [1.165, 1.54) is 28.6 Å². The van der Waals surface area contributed by atoms with E-state index in [1.807, 2.05) is 12.1 Å². The Hall–Kier alpha value is -2.52. The maximum Gasteiger partial charge on any atom is 0.119 e. The monoisotopic (exact) mass is 360 g/mol. The summed E-state index contributed by atoms with van der Waals surface area (Å²) in [5.74, 6) is 1.60.